The van der Waals surface area contributed by atoms with E-state index in [1.165, 1.54) is 29.7 Å². The quantitative estimate of drug-likeness (QED) is 0.776. The van der Waals surface area contributed by atoms with Crippen LogP contribution in [0.3, 0.4) is 0 Å². The lowest BCUT2D eigenvalue weighted by Crippen LogP contribution is -2.43. The molecule has 104 valence electrons. The summed E-state index contributed by atoms with van der Waals surface area (Å²) >= 11 is 7.60. The van der Waals surface area contributed by atoms with Gasteiger partial charge in [-0.05, 0) is 56.6 Å². The Hall–Kier alpha value is -0.540. The molecule has 4 heteroatoms. The molecule has 0 N–H and O–H groups in total. The van der Waals surface area contributed by atoms with Crippen molar-refractivity contribution in [3.05, 3.63) is 21.4 Å². The van der Waals surface area contributed by atoms with E-state index in [1.807, 2.05) is 0 Å². The third-order valence-corrected chi connectivity index (χ3v) is 5.73. The molecule has 1 aromatic rings. The molecule has 3 rings (SSSR count). The molecule has 1 aliphatic carbocycles. The fourth-order valence-electron chi connectivity index (χ4n) is 3.27. The molecule has 0 radical (unpaired) electrons. The number of halogens is 1. The molecule has 1 saturated heterocycles. The number of hydrogen-bond acceptors (Lipinski definition) is 2. The van der Waals surface area contributed by atoms with Gasteiger partial charge in [0.25, 0.3) is 5.91 Å². The number of piperidine rings is 1. The van der Waals surface area contributed by atoms with Crippen molar-refractivity contribution in [2.24, 2.45) is 0 Å². The van der Waals surface area contributed by atoms with E-state index in [2.05, 4.69) is 11.0 Å². The van der Waals surface area contributed by atoms with Crippen molar-refractivity contribution >= 4 is 28.8 Å². The molecule has 1 aromatic heterocycles. The monoisotopic (exact) mass is 297 g/mol. The van der Waals surface area contributed by atoms with Gasteiger partial charge in [0.1, 0.15) is 0 Å². The second-order valence-electron chi connectivity index (χ2n) is 5.54. The van der Waals surface area contributed by atoms with Crippen LogP contribution in [0.1, 0.15) is 52.2 Å². The first-order valence-corrected chi connectivity index (χ1v) is 8.63. The van der Waals surface area contributed by atoms with Crippen LogP contribution in [0.5, 0.6) is 0 Å². The summed E-state index contributed by atoms with van der Waals surface area (Å²) in [4.78, 5) is 17.1. The minimum absolute atomic E-state index is 0.245. The molecule has 2 nitrogen and oxygen atoms in total. The highest BCUT2D eigenvalue weighted by Crippen LogP contribution is 2.32. The van der Waals surface area contributed by atoms with E-state index in [1.54, 1.807) is 11.3 Å². The van der Waals surface area contributed by atoms with Gasteiger partial charge in [-0.3, -0.25) is 4.79 Å². The molecule has 1 amide bonds. The molecule has 2 heterocycles. The van der Waals surface area contributed by atoms with Gasteiger partial charge in [-0.1, -0.05) is 0 Å². The molecule has 1 fully saturated rings. The predicted octanol–water partition coefficient (Wildman–Crippen LogP) is 3.86. The van der Waals surface area contributed by atoms with Crippen molar-refractivity contribution in [1.82, 2.24) is 4.90 Å². The maximum atomic E-state index is 12.7. The smallest absolute Gasteiger partial charge is 0.264 e. The van der Waals surface area contributed by atoms with Crippen LogP contribution in [-0.4, -0.2) is 29.3 Å². The molecule has 1 unspecified atom stereocenters. The largest absolute Gasteiger partial charge is 0.335 e. The highest BCUT2D eigenvalue weighted by Gasteiger charge is 2.29. The number of rotatable bonds is 3. The Balaban J connectivity index is 1.77. The van der Waals surface area contributed by atoms with E-state index >= 15 is 0 Å². The minimum Gasteiger partial charge on any atom is -0.335 e. The van der Waals surface area contributed by atoms with Gasteiger partial charge in [0.05, 0.1) is 4.88 Å². The van der Waals surface area contributed by atoms with Crippen molar-refractivity contribution in [2.45, 2.75) is 51.0 Å². The third kappa shape index (κ3) is 2.68. The van der Waals surface area contributed by atoms with Crippen LogP contribution in [0.25, 0.3) is 0 Å². The number of aryl methyl sites for hydroxylation is 2. The van der Waals surface area contributed by atoms with Gasteiger partial charge in [0.2, 0.25) is 0 Å². The van der Waals surface area contributed by atoms with Crippen LogP contribution in [0, 0.1) is 0 Å². The van der Waals surface area contributed by atoms with E-state index in [0.717, 1.165) is 37.1 Å². The summed E-state index contributed by atoms with van der Waals surface area (Å²) in [5.41, 5.74) is 1.42. The lowest BCUT2D eigenvalue weighted by molar-refractivity contribution is 0.0614. The Morgan fingerprint density at radius 3 is 3.05 bits per heavy atom. The maximum Gasteiger partial charge on any atom is 0.264 e. The van der Waals surface area contributed by atoms with Crippen LogP contribution >= 0.6 is 22.9 Å². The Bertz CT molecular complexity index is 447. The lowest BCUT2D eigenvalue weighted by atomic mass is 9.99. The zero-order valence-electron chi connectivity index (χ0n) is 11.2. The van der Waals surface area contributed by atoms with Crippen molar-refractivity contribution in [2.75, 3.05) is 12.4 Å². The number of hydrogen-bond donors (Lipinski definition) is 0. The fraction of sp³-hybridized carbons (Fsp3) is 0.667. The van der Waals surface area contributed by atoms with Crippen LogP contribution < -0.4 is 0 Å². The Morgan fingerprint density at radius 1 is 1.37 bits per heavy atom. The molecule has 2 aliphatic rings. The van der Waals surface area contributed by atoms with Crippen molar-refractivity contribution < 1.29 is 4.79 Å². The number of fused-ring (bicyclic) bond motifs is 1. The molecule has 1 atom stereocenters. The average molecular weight is 298 g/mol. The van der Waals surface area contributed by atoms with Gasteiger partial charge < -0.3 is 4.90 Å². The first-order valence-electron chi connectivity index (χ1n) is 7.28. The highest BCUT2D eigenvalue weighted by molar-refractivity contribution is 7.14. The SMILES string of the molecule is O=C(c1cc2c(s1)CCC2)N1CCCCC1CCCl. The molecular formula is C15H20ClNOS. The Kier molecular flexibility index (Phi) is 4.13. The highest BCUT2D eigenvalue weighted by atomic mass is 35.5. The summed E-state index contributed by atoms with van der Waals surface area (Å²) in [5.74, 6) is 0.893. The standard InChI is InChI=1S/C15H20ClNOS/c16-8-7-12-5-1-2-9-17(12)15(18)14-10-11-4-3-6-13(11)19-14/h10,12H,1-9H2. The Morgan fingerprint density at radius 2 is 2.26 bits per heavy atom. The molecule has 1 aliphatic heterocycles. The van der Waals surface area contributed by atoms with Gasteiger partial charge >= 0.3 is 0 Å². The number of amides is 1. The van der Waals surface area contributed by atoms with E-state index in [-0.39, 0.29) is 5.91 Å². The third-order valence-electron chi connectivity index (χ3n) is 4.29. The zero-order chi connectivity index (χ0) is 13.2. The molecule has 0 saturated carbocycles. The van der Waals surface area contributed by atoms with Gasteiger partial charge in [-0.25, -0.2) is 0 Å². The first-order chi connectivity index (χ1) is 9.29. The Labute approximate surface area is 123 Å². The average Bonchev–Trinajstić information content (AvgIpc) is 2.99. The van der Waals surface area contributed by atoms with Gasteiger partial charge in [-0.15, -0.1) is 22.9 Å². The van der Waals surface area contributed by atoms with Crippen LogP contribution in [0.15, 0.2) is 6.07 Å². The second kappa shape index (κ2) is 5.84. The summed E-state index contributed by atoms with van der Waals surface area (Å²) in [6, 6.07) is 2.50. The second-order valence-corrected chi connectivity index (χ2v) is 7.05. The minimum atomic E-state index is 0.245. The number of nitrogens with zero attached hydrogens (tertiary/aromatic N) is 1. The first kappa shape index (κ1) is 13.4. The van der Waals surface area contributed by atoms with E-state index in [9.17, 15) is 4.79 Å². The summed E-state index contributed by atoms with van der Waals surface area (Å²) < 4.78 is 0. The van der Waals surface area contributed by atoms with E-state index in [0.29, 0.717) is 11.9 Å². The molecule has 0 bridgehead atoms. The van der Waals surface area contributed by atoms with Gasteiger partial charge in [0.15, 0.2) is 0 Å². The summed E-state index contributed by atoms with van der Waals surface area (Å²) in [6.45, 7) is 0.906. The number of carbonyl (C=O) groups excluding carboxylic acids is 1. The summed E-state index contributed by atoms with van der Waals surface area (Å²) in [7, 11) is 0. The maximum absolute atomic E-state index is 12.7. The topological polar surface area (TPSA) is 20.3 Å². The fourth-order valence-corrected chi connectivity index (χ4v) is 4.73. The van der Waals surface area contributed by atoms with Gasteiger partial charge in [0, 0.05) is 23.3 Å². The van der Waals surface area contributed by atoms with E-state index < -0.39 is 0 Å². The number of thiophene rings is 1. The molecular weight excluding hydrogens is 278 g/mol. The van der Waals surface area contributed by atoms with Crippen molar-refractivity contribution in [3.8, 4) is 0 Å². The van der Waals surface area contributed by atoms with Crippen LogP contribution in [0.4, 0.5) is 0 Å². The van der Waals surface area contributed by atoms with Gasteiger partial charge in [-0.2, -0.15) is 0 Å². The van der Waals surface area contributed by atoms with Crippen LogP contribution in [-0.2, 0) is 12.8 Å². The summed E-state index contributed by atoms with van der Waals surface area (Å²) in [5, 5.41) is 0. The molecule has 0 spiro atoms. The number of alkyl halides is 1. The molecule has 0 aromatic carbocycles. The summed E-state index contributed by atoms with van der Waals surface area (Å²) in [6.07, 6.45) is 7.99. The number of likely N-dealkylation sites (tertiary alicyclic amines) is 1. The van der Waals surface area contributed by atoms with Crippen molar-refractivity contribution in [3.63, 3.8) is 0 Å². The lowest BCUT2D eigenvalue weighted by Gasteiger charge is -2.35. The molecule has 19 heavy (non-hydrogen) atoms. The normalized spacial score (nSPS) is 22.6. The van der Waals surface area contributed by atoms with Crippen molar-refractivity contribution in [1.29, 1.82) is 0 Å². The zero-order valence-corrected chi connectivity index (χ0v) is 12.7. The van der Waals surface area contributed by atoms with E-state index in [4.69, 9.17) is 11.6 Å². The predicted molar refractivity (Wildman–Crippen MR) is 80.4 cm³/mol. The number of carbonyl (C=O) groups is 1. The van der Waals surface area contributed by atoms with Crippen LogP contribution in [0.2, 0.25) is 0 Å².